The molecular weight excluding hydrogens is 686 g/mol. The molecule has 0 spiro atoms. The van der Waals surface area contributed by atoms with Crippen molar-refractivity contribution in [3.8, 4) is 0 Å². The van der Waals surface area contributed by atoms with Crippen LogP contribution in [0.4, 0.5) is 18.9 Å². The van der Waals surface area contributed by atoms with Gasteiger partial charge >= 0.3 is 6.18 Å². The van der Waals surface area contributed by atoms with E-state index in [0.29, 0.717) is 27.0 Å². The van der Waals surface area contributed by atoms with Crippen LogP contribution in [0.25, 0.3) is 0 Å². The molecule has 0 aromatic heterocycles. The number of benzene rings is 3. The van der Waals surface area contributed by atoms with Crippen molar-refractivity contribution in [3.05, 3.63) is 98.5 Å². The van der Waals surface area contributed by atoms with Crippen LogP contribution in [0.5, 0.6) is 0 Å². The molecule has 0 radical (unpaired) electrons. The molecule has 0 bridgehead atoms. The number of sulfonamides is 1. The topological polar surface area (TPSA) is 86.8 Å². The van der Waals surface area contributed by atoms with Gasteiger partial charge in [-0.3, -0.25) is 13.9 Å². The van der Waals surface area contributed by atoms with Gasteiger partial charge in [-0.25, -0.2) is 8.42 Å². The van der Waals surface area contributed by atoms with Crippen molar-refractivity contribution < 1.29 is 31.2 Å². The van der Waals surface area contributed by atoms with E-state index >= 15 is 0 Å². The molecular formula is C32H33Cl3F3N3O4S. The molecule has 3 aromatic carbocycles. The van der Waals surface area contributed by atoms with Crippen molar-refractivity contribution in [1.29, 1.82) is 0 Å². The summed E-state index contributed by atoms with van der Waals surface area (Å²) in [7, 11) is -4.36. The quantitative estimate of drug-likeness (QED) is 0.222. The third-order valence-electron chi connectivity index (χ3n) is 7.80. The van der Waals surface area contributed by atoms with Crippen LogP contribution >= 0.6 is 34.8 Å². The van der Waals surface area contributed by atoms with Gasteiger partial charge in [0.25, 0.3) is 0 Å². The Morgan fingerprint density at radius 1 is 0.935 bits per heavy atom. The second-order valence-electron chi connectivity index (χ2n) is 11.2. The Kier molecular flexibility index (Phi) is 11.9. The lowest BCUT2D eigenvalue weighted by Gasteiger charge is -2.35. The molecule has 0 unspecified atom stereocenters. The van der Waals surface area contributed by atoms with Crippen LogP contribution in [0.1, 0.15) is 48.8 Å². The molecule has 46 heavy (non-hydrogen) atoms. The van der Waals surface area contributed by atoms with E-state index in [0.717, 1.165) is 50.0 Å². The van der Waals surface area contributed by atoms with E-state index in [4.69, 9.17) is 34.8 Å². The standard InChI is InChI=1S/C32H33Cl3F3N3O4S/c1-46(44,45)41(28-17-23(32(36,37)38)13-15-26(28)34)20-30(42)40(19-22-12-14-24(33)18-27(22)35)29(16-21-8-4-2-5-9-21)31(43)39-25-10-6-3-7-11-25/h2,4-5,8-9,12-15,17-18,25,29H,3,6-7,10-11,16,19-20H2,1H3,(H,39,43)/t29-/m1/s1. The van der Waals surface area contributed by atoms with E-state index in [9.17, 15) is 31.2 Å². The van der Waals surface area contributed by atoms with E-state index in [1.54, 1.807) is 42.5 Å². The first-order valence-corrected chi connectivity index (χ1v) is 17.5. The number of anilines is 1. The summed E-state index contributed by atoms with van der Waals surface area (Å²) in [5, 5.41) is 3.30. The van der Waals surface area contributed by atoms with Gasteiger partial charge in [0.1, 0.15) is 12.6 Å². The van der Waals surface area contributed by atoms with E-state index in [-0.39, 0.29) is 29.1 Å². The lowest BCUT2D eigenvalue weighted by atomic mass is 9.94. The monoisotopic (exact) mass is 717 g/mol. The zero-order valence-electron chi connectivity index (χ0n) is 24.9. The Morgan fingerprint density at radius 2 is 1.61 bits per heavy atom. The average molecular weight is 719 g/mol. The second kappa shape index (κ2) is 15.3. The van der Waals surface area contributed by atoms with Crippen molar-refractivity contribution in [1.82, 2.24) is 10.2 Å². The maximum atomic E-state index is 14.3. The summed E-state index contributed by atoms with van der Waals surface area (Å²) in [6.45, 7) is -1.16. The summed E-state index contributed by atoms with van der Waals surface area (Å²) in [6, 6.07) is 14.6. The van der Waals surface area contributed by atoms with Crippen LogP contribution in [-0.2, 0) is 38.8 Å². The number of nitrogens with one attached hydrogen (secondary N) is 1. The first-order valence-electron chi connectivity index (χ1n) is 14.6. The lowest BCUT2D eigenvalue weighted by Crippen LogP contribution is -2.55. The largest absolute Gasteiger partial charge is 0.416 e. The first kappa shape index (κ1) is 35.9. The fourth-order valence-corrected chi connectivity index (χ4v) is 7.00. The molecule has 1 aliphatic carbocycles. The minimum atomic E-state index is -4.80. The summed E-state index contributed by atoms with van der Waals surface area (Å²) in [5.41, 5.74) is -0.521. The van der Waals surface area contributed by atoms with Gasteiger partial charge in [-0.2, -0.15) is 13.2 Å². The van der Waals surface area contributed by atoms with Crippen LogP contribution in [0.3, 0.4) is 0 Å². The van der Waals surface area contributed by atoms with Crippen LogP contribution in [0.2, 0.25) is 15.1 Å². The molecule has 1 N–H and O–H groups in total. The third kappa shape index (κ3) is 9.53. The van der Waals surface area contributed by atoms with Crippen molar-refractivity contribution in [2.45, 2.75) is 63.3 Å². The number of alkyl halides is 3. The zero-order valence-corrected chi connectivity index (χ0v) is 28.0. The van der Waals surface area contributed by atoms with E-state index < -0.39 is 51.9 Å². The van der Waals surface area contributed by atoms with Gasteiger partial charge in [0, 0.05) is 29.1 Å². The molecule has 248 valence electrons. The van der Waals surface area contributed by atoms with Gasteiger partial charge in [-0.15, -0.1) is 0 Å². The SMILES string of the molecule is CS(=O)(=O)N(CC(=O)N(Cc1ccc(Cl)cc1Cl)[C@H](Cc1ccccc1)C(=O)NC1CCCCC1)c1cc(C(F)(F)F)ccc1Cl. The van der Waals surface area contributed by atoms with E-state index in [2.05, 4.69) is 5.32 Å². The number of carbonyl (C=O) groups excluding carboxylic acids is 2. The number of nitrogens with zero attached hydrogens (tertiary/aromatic N) is 2. The highest BCUT2D eigenvalue weighted by atomic mass is 35.5. The van der Waals surface area contributed by atoms with Crippen molar-refractivity contribution in [2.75, 3.05) is 17.1 Å². The Bertz CT molecular complexity index is 1650. The van der Waals surface area contributed by atoms with Gasteiger partial charge < -0.3 is 10.2 Å². The Labute approximate surface area is 281 Å². The van der Waals surface area contributed by atoms with Gasteiger partial charge in [-0.1, -0.05) is 90.5 Å². The summed E-state index contributed by atoms with van der Waals surface area (Å²) in [6.07, 6.45) is 0.513. The Hall–Kier alpha value is -2.99. The van der Waals surface area contributed by atoms with E-state index in [1.807, 2.05) is 0 Å². The maximum absolute atomic E-state index is 14.3. The molecule has 0 saturated heterocycles. The highest BCUT2D eigenvalue weighted by Gasteiger charge is 2.36. The highest BCUT2D eigenvalue weighted by Crippen LogP contribution is 2.36. The molecule has 1 aliphatic rings. The van der Waals surface area contributed by atoms with Crippen LogP contribution in [0.15, 0.2) is 66.7 Å². The summed E-state index contributed by atoms with van der Waals surface area (Å²) in [4.78, 5) is 29.5. The average Bonchev–Trinajstić information content (AvgIpc) is 2.99. The predicted molar refractivity (Wildman–Crippen MR) is 175 cm³/mol. The zero-order chi connectivity index (χ0) is 33.6. The van der Waals surface area contributed by atoms with Gasteiger partial charge in [0.15, 0.2) is 0 Å². The molecule has 14 heteroatoms. The van der Waals surface area contributed by atoms with E-state index in [1.165, 1.54) is 11.0 Å². The lowest BCUT2D eigenvalue weighted by molar-refractivity contribution is -0.140. The highest BCUT2D eigenvalue weighted by molar-refractivity contribution is 7.92. The number of halogens is 6. The van der Waals surface area contributed by atoms with Gasteiger partial charge in [0.05, 0.1) is 22.5 Å². The molecule has 0 heterocycles. The first-order chi connectivity index (χ1) is 21.6. The minimum absolute atomic E-state index is 0.0690. The van der Waals surface area contributed by atoms with Crippen LogP contribution < -0.4 is 9.62 Å². The second-order valence-corrected chi connectivity index (χ2v) is 14.4. The molecule has 2 amide bonds. The van der Waals surface area contributed by atoms with Crippen molar-refractivity contribution in [2.24, 2.45) is 0 Å². The molecule has 0 aliphatic heterocycles. The number of rotatable bonds is 11. The van der Waals surface area contributed by atoms with Gasteiger partial charge in [0.2, 0.25) is 21.8 Å². The molecule has 1 saturated carbocycles. The number of hydrogen-bond donors (Lipinski definition) is 1. The number of hydrogen-bond acceptors (Lipinski definition) is 4. The minimum Gasteiger partial charge on any atom is -0.352 e. The molecule has 1 fully saturated rings. The van der Waals surface area contributed by atoms with Crippen LogP contribution in [-0.4, -0.2) is 50.0 Å². The fourth-order valence-electron chi connectivity index (χ4n) is 5.41. The third-order valence-corrected chi connectivity index (χ3v) is 9.83. The summed E-state index contributed by atoms with van der Waals surface area (Å²) >= 11 is 18.8. The molecule has 1 atom stereocenters. The molecule has 3 aromatic rings. The smallest absolute Gasteiger partial charge is 0.352 e. The van der Waals surface area contributed by atoms with Crippen molar-refractivity contribution in [3.63, 3.8) is 0 Å². The van der Waals surface area contributed by atoms with Crippen molar-refractivity contribution >= 4 is 62.3 Å². The molecule has 7 nitrogen and oxygen atoms in total. The number of carbonyl (C=O) groups is 2. The predicted octanol–water partition coefficient (Wildman–Crippen LogP) is 7.52. The number of amides is 2. The van der Waals surface area contributed by atoms with Gasteiger partial charge in [-0.05, 0) is 54.3 Å². The van der Waals surface area contributed by atoms with Crippen LogP contribution in [0, 0.1) is 0 Å². The summed E-state index contributed by atoms with van der Waals surface area (Å²) in [5.74, 6) is -1.30. The molecule has 4 rings (SSSR count). The Balaban J connectivity index is 1.79. The Morgan fingerprint density at radius 3 is 2.22 bits per heavy atom. The fraction of sp³-hybridized carbons (Fsp3) is 0.375. The normalized spacial score (nSPS) is 14.8. The maximum Gasteiger partial charge on any atom is 0.416 e. The summed E-state index contributed by atoms with van der Waals surface area (Å²) < 4.78 is 67.3.